The van der Waals surface area contributed by atoms with Gasteiger partial charge in [0.05, 0.1) is 12.2 Å². The van der Waals surface area contributed by atoms with E-state index in [9.17, 15) is 0 Å². The largest absolute Gasteiger partial charge is 0.373 e. The molecule has 0 aliphatic carbocycles. The normalized spacial score (nSPS) is 29.3. The van der Waals surface area contributed by atoms with Crippen LogP contribution in [-0.2, 0) is 11.3 Å². The summed E-state index contributed by atoms with van der Waals surface area (Å²) in [6, 6.07) is 0.713. The van der Waals surface area contributed by atoms with E-state index in [1.807, 2.05) is 12.4 Å². The molecule has 1 aromatic heterocycles. The molecular weight excluding hydrogens is 350 g/mol. The van der Waals surface area contributed by atoms with Crippen LogP contribution in [0.1, 0.15) is 52.0 Å². The van der Waals surface area contributed by atoms with Crippen LogP contribution in [0, 0.1) is 5.92 Å². The standard InChI is InChI=1S/C22H37N5O/c1-17-4-10-26(11-5-17)22-23-12-20(13-24-22)16-25-8-6-21(7-9-25)27-14-18(2)28-19(3)15-27/h12-13,17-19,21H,4-11,14-16H2,1-3H3. The summed E-state index contributed by atoms with van der Waals surface area (Å²) >= 11 is 0. The van der Waals surface area contributed by atoms with E-state index in [0.29, 0.717) is 18.2 Å². The van der Waals surface area contributed by atoms with Crippen molar-refractivity contribution in [1.82, 2.24) is 19.8 Å². The van der Waals surface area contributed by atoms with E-state index in [-0.39, 0.29) is 0 Å². The fourth-order valence-electron chi connectivity index (χ4n) is 5.02. The Morgan fingerprint density at radius 1 is 0.893 bits per heavy atom. The first-order chi connectivity index (χ1) is 13.6. The van der Waals surface area contributed by atoms with Crippen LogP contribution in [0.4, 0.5) is 5.95 Å². The Morgan fingerprint density at radius 3 is 2.11 bits per heavy atom. The second kappa shape index (κ2) is 9.06. The first-order valence-electron chi connectivity index (χ1n) is 11.2. The van der Waals surface area contributed by atoms with Crippen LogP contribution >= 0.6 is 0 Å². The van der Waals surface area contributed by atoms with Crippen molar-refractivity contribution in [3.8, 4) is 0 Å². The molecule has 0 spiro atoms. The van der Waals surface area contributed by atoms with E-state index < -0.39 is 0 Å². The number of anilines is 1. The highest BCUT2D eigenvalue weighted by Gasteiger charge is 2.30. The molecule has 0 N–H and O–H groups in total. The second-order valence-electron chi connectivity index (χ2n) is 9.28. The van der Waals surface area contributed by atoms with Crippen LogP contribution in [0.2, 0.25) is 0 Å². The van der Waals surface area contributed by atoms with Gasteiger partial charge < -0.3 is 9.64 Å². The maximum Gasteiger partial charge on any atom is 0.225 e. The van der Waals surface area contributed by atoms with Gasteiger partial charge in [-0.25, -0.2) is 9.97 Å². The van der Waals surface area contributed by atoms with Crippen molar-refractivity contribution >= 4 is 5.95 Å². The van der Waals surface area contributed by atoms with Crippen LogP contribution in [0.15, 0.2) is 12.4 Å². The van der Waals surface area contributed by atoms with Gasteiger partial charge in [-0.3, -0.25) is 9.80 Å². The monoisotopic (exact) mass is 387 g/mol. The number of likely N-dealkylation sites (tertiary alicyclic amines) is 1. The molecule has 3 aliphatic rings. The Morgan fingerprint density at radius 2 is 1.50 bits per heavy atom. The summed E-state index contributed by atoms with van der Waals surface area (Å²) in [6.45, 7) is 14.4. The van der Waals surface area contributed by atoms with Gasteiger partial charge in [-0.1, -0.05) is 6.92 Å². The van der Waals surface area contributed by atoms with Gasteiger partial charge in [0.2, 0.25) is 5.95 Å². The second-order valence-corrected chi connectivity index (χ2v) is 9.28. The predicted octanol–water partition coefficient (Wildman–Crippen LogP) is 2.79. The number of hydrogen-bond acceptors (Lipinski definition) is 6. The Balaban J connectivity index is 1.24. The fourth-order valence-corrected chi connectivity index (χ4v) is 5.02. The highest BCUT2D eigenvalue weighted by Crippen LogP contribution is 2.23. The predicted molar refractivity (Wildman–Crippen MR) is 113 cm³/mol. The fraction of sp³-hybridized carbons (Fsp3) is 0.818. The summed E-state index contributed by atoms with van der Waals surface area (Å²) in [4.78, 5) is 16.9. The Hall–Kier alpha value is -1.24. The molecule has 4 heterocycles. The molecule has 3 aliphatic heterocycles. The number of piperidine rings is 2. The van der Waals surface area contributed by atoms with E-state index >= 15 is 0 Å². The van der Waals surface area contributed by atoms with Crippen LogP contribution in [0.5, 0.6) is 0 Å². The highest BCUT2D eigenvalue weighted by atomic mass is 16.5. The Kier molecular flexibility index (Phi) is 6.48. The first-order valence-corrected chi connectivity index (χ1v) is 11.2. The van der Waals surface area contributed by atoms with Crippen LogP contribution in [-0.4, -0.2) is 77.3 Å². The third kappa shape index (κ3) is 5.02. The van der Waals surface area contributed by atoms with Crippen molar-refractivity contribution in [2.45, 2.75) is 71.2 Å². The van der Waals surface area contributed by atoms with E-state index in [0.717, 1.165) is 57.7 Å². The zero-order valence-electron chi connectivity index (χ0n) is 17.9. The molecule has 2 atom stereocenters. The molecule has 156 valence electrons. The molecule has 6 nitrogen and oxygen atoms in total. The topological polar surface area (TPSA) is 44.7 Å². The van der Waals surface area contributed by atoms with E-state index in [1.165, 1.54) is 31.2 Å². The van der Waals surface area contributed by atoms with Crippen LogP contribution < -0.4 is 4.90 Å². The number of morpholine rings is 1. The molecule has 0 saturated carbocycles. The molecule has 0 bridgehead atoms. The minimum absolute atomic E-state index is 0.362. The maximum atomic E-state index is 5.90. The van der Waals surface area contributed by atoms with E-state index in [1.54, 1.807) is 0 Å². The Bertz CT molecular complexity index is 598. The van der Waals surface area contributed by atoms with E-state index in [2.05, 4.69) is 45.4 Å². The molecule has 28 heavy (non-hydrogen) atoms. The number of ether oxygens (including phenoxy) is 1. The Labute approximate surface area is 170 Å². The summed E-state index contributed by atoms with van der Waals surface area (Å²) in [7, 11) is 0. The SMILES string of the molecule is CC1CCN(c2ncc(CN3CCC(N4CC(C)OC(C)C4)CC3)cn2)CC1. The quantitative estimate of drug-likeness (QED) is 0.792. The zero-order valence-corrected chi connectivity index (χ0v) is 17.9. The lowest BCUT2D eigenvalue weighted by Crippen LogP contribution is -2.53. The number of aromatic nitrogens is 2. The minimum Gasteiger partial charge on any atom is -0.373 e. The average molecular weight is 388 g/mol. The van der Waals surface area contributed by atoms with Crippen molar-refractivity contribution in [2.75, 3.05) is 44.2 Å². The third-order valence-electron chi connectivity index (χ3n) is 6.69. The molecule has 0 aromatic carbocycles. The van der Waals surface area contributed by atoms with Crippen molar-refractivity contribution in [3.05, 3.63) is 18.0 Å². The van der Waals surface area contributed by atoms with Crippen LogP contribution in [0.3, 0.4) is 0 Å². The average Bonchev–Trinajstić information content (AvgIpc) is 2.69. The highest BCUT2D eigenvalue weighted by molar-refractivity contribution is 5.30. The van der Waals surface area contributed by atoms with Gasteiger partial charge in [0, 0.05) is 56.7 Å². The van der Waals surface area contributed by atoms with Crippen molar-refractivity contribution in [2.24, 2.45) is 5.92 Å². The maximum absolute atomic E-state index is 5.90. The summed E-state index contributed by atoms with van der Waals surface area (Å²) in [5, 5.41) is 0. The molecule has 0 radical (unpaired) electrons. The van der Waals surface area contributed by atoms with Crippen LogP contribution in [0.25, 0.3) is 0 Å². The summed E-state index contributed by atoms with van der Waals surface area (Å²) in [5.41, 5.74) is 1.24. The van der Waals surface area contributed by atoms with Gasteiger partial charge in [0.15, 0.2) is 0 Å². The lowest BCUT2D eigenvalue weighted by molar-refractivity contribution is -0.0865. The molecule has 4 rings (SSSR count). The molecule has 3 saturated heterocycles. The molecule has 3 fully saturated rings. The van der Waals surface area contributed by atoms with E-state index in [4.69, 9.17) is 4.74 Å². The molecule has 1 aromatic rings. The summed E-state index contributed by atoms with van der Waals surface area (Å²) < 4.78 is 5.90. The molecule has 0 amide bonds. The van der Waals surface area contributed by atoms with Gasteiger partial charge in [-0.05, 0) is 58.5 Å². The number of nitrogens with zero attached hydrogens (tertiary/aromatic N) is 5. The summed E-state index contributed by atoms with van der Waals surface area (Å²) in [6.07, 6.45) is 9.81. The summed E-state index contributed by atoms with van der Waals surface area (Å²) in [5.74, 6) is 1.74. The first kappa shape index (κ1) is 20.0. The van der Waals surface area contributed by atoms with Crippen molar-refractivity contribution in [1.29, 1.82) is 0 Å². The van der Waals surface area contributed by atoms with Gasteiger partial charge in [0.25, 0.3) is 0 Å². The zero-order chi connectivity index (χ0) is 19.5. The van der Waals surface area contributed by atoms with Crippen molar-refractivity contribution < 1.29 is 4.74 Å². The van der Waals surface area contributed by atoms with Crippen molar-refractivity contribution in [3.63, 3.8) is 0 Å². The number of rotatable bonds is 4. The van der Waals surface area contributed by atoms with Gasteiger partial charge in [-0.2, -0.15) is 0 Å². The van der Waals surface area contributed by atoms with Gasteiger partial charge in [0.1, 0.15) is 0 Å². The lowest BCUT2D eigenvalue weighted by Gasteiger charge is -2.43. The minimum atomic E-state index is 0.362. The molecular formula is C22H37N5O. The smallest absolute Gasteiger partial charge is 0.225 e. The third-order valence-corrected chi connectivity index (χ3v) is 6.69. The van der Waals surface area contributed by atoms with Gasteiger partial charge >= 0.3 is 0 Å². The lowest BCUT2D eigenvalue weighted by atomic mass is 10.00. The molecule has 6 heteroatoms. The number of hydrogen-bond donors (Lipinski definition) is 0. The van der Waals surface area contributed by atoms with Gasteiger partial charge in [-0.15, -0.1) is 0 Å². The molecule has 2 unspecified atom stereocenters.